The molecule has 1 saturated carbocycles. The first-order valence-electron chi connectivity index (χ1n) is 8.81. The van der Waals surface area contributed by atoms with Gasteiger partial charge in [0.2, 0.25) is 0 Å². The van der Waals surface area contributed by atoms with Gasteiger partial charge in [-0.05, 0) is 6.42 Å². The van der Waals surface area contributed by atoms with Gasteiger partial charge in [-0.25, -0.2) is 9.59 Å². The van der Waals surface area contributed by atoms with Crippen molar-refractivity contribution >= 4 is 17.9 Å². The Morgan fingerprint density at radius 2 is 1.81 bits per heavy atom. The molecule has 0 radical (unpaired) electrons. The molecule has 2 heterocycles. The van der Waals surface area contributed by atoms with E-state index >= 15 is 0 Å². The van der Waals surface area contributed by atoms with Crippen LogP contribution in [-0.4, -0.2) is 36.2 Å². The second-order valence-electron chi connectivity index (χ2n) is 7.53. The summed E-state index contributed by atoms with van der Waals surface area (Å²) in [7, 11) is 0. The third-order valence-corrected chi connectivity index (χ3v) is 6.10. The van der Waals surface area contributed by atoms with Crippen LogP contribution in [0.5, 0.6) is 0 Å². The van der Waals surface area contributed by atoms with Crippen molar-refractivity contribution in [3.8, 4) is 0 Å². The molecule has 140 valence electrons. The van der Waals surface area contributed by atoms with Gasteiger partial charge >= 0.3 is 17.9 Å². The lowest BCUT2D eigenvalue weighted by Gasteiger charge is -2.49. The molecule has 26 heavy (non-hydrogen) atoms. The smallest absolute Gasteiger partial charge is 0.334 e. The van der Waals surface area contributed by atoms with E-state index in [1.165, 1.54) is 0 Å². The highest BCUT2D eigenvalue weighted by Crippen LogP contribution is 2.57. The molecule has 7 atom stereocenters. The van der Waals surface area contributed by atoms with E-state index < -0.39 is 47.5 Å². The van der Waals surface area contributed by atoms with Crippen LogP contribution in [0.25, 0.3) is 0 Å². The Balaban J connectivity index is 2.08. The van der Waals surface area contributed by atoms with Crippen molar-refractivity contribution in [3.05, 3.63) is 37.0 Å². The lowest BCUT2D eigenvalue weighted by atomic mass is 9.58. The molecular weight excluding hydrogens is 336 g/mol. The summed E-state index contributed by atoms with van der Waals surface area (Å²) in [5.74, 6) is -2.82. The molecule has 6 nitrogen and oxygen atoms in total. The highest BCUT2D eigenvalue weighted by atomic mass is 16.6. The minimum absolute atomic E-state index is 0.225. The van der Waals surface area contributed by atoms with Crippen LogP contribution in [0.15, 0.2) is 37.0 Å². The van der Waals surface area contributed by atoms with Crippen LogP contribution in [0.2, 0.25) is 0 Å². The third-order valence-electron chi connectivity index (χ3n) is 6.10. The largest absolute Gasteiger partial charge is 0.458 e. The molecule has 2 saturated heterocycles. The number of hydrogen-bond acceptors (Lipinski definition) is 6. The van der Waals surface area contributed by atoms with Gasteiger partial charge in [0.15, 0.2) is 6.10 Å². The van der Waals surface area contributed by atoms with E-state index in [4.69, 9.17) is 14.2 Å². The van der Waals surface area contributed by atoms with Gasteiger partial charge in [-0.2, -0.15) is 0 Å². The molecule has 6 heteroatoms. The summed E-state index contributed by atoms with van der Waals surface area (Å²) in [6.07, 6.45) is 0.0445. The third kappa shape index (κ3) is 2.35. The van der Waals surface area contributed by atoms with Crippen molar-refractivity contribution in [1.82, 2.24) is 0 Å². The van der Waals surface area contributed by atoms with Crippen LogP contribution in [0.4, 0.5) is 0 Å². The first-order chi connectivity index (χ1) is 12.2. The van der Waals surface area contributed by atoms with Crippen molar-refractivity contribution in [3.63, 3.8) is 0 Å². The van der Waals surface area contributed by atoms with Crippen LogP contribution in [0, 0.1) is 23.2 Å². The maximum atomic E-state index is 12.5. The Morgan fingerprint density at radius 3 is 2.38 bits per heavy atom. The fourth-order valence-corrected chi connectivity index (χ4v) is 4.22. The van der Waals surface area contributed by atoms with Gasteiger partial charge in [0, 0.05) is 22.5 Å². The standard InChI is InChI=1S/C20H24O6/c1-7-9(3)17(21)26-16-15-12(10(4)18(22)25-15)14-13(20(16,6)8-2)11(5)19(23)24-14/h8-9,12-16H,2,4-5,7H2,1,3,6H3/t9-,12-,13-,14-,15-,16+,20+/m0/s1. The summed E-state index contributed by atoms with van der Waals surface area (Å²) in [5, 5.41) is 0. The highest BCUT2D eigenvalue weighted by molar-refractivity contribution is 5.94. The Bertz CT molecular complexity index is 722. The molecular formula is C20H24O6. The summed E-state index contributed by atoms with van der Waals surface area (Å²) >= 11 is 0. The van der Waals surface area contributed by atoms with Crippen LogP contribution >= 0.6 is 0 Å². The SMILES string of the molecule is C=C[C@@]1(C)[C@H](OC(=O)[C@@H](C)CC)[C@H]2OC(=O)C(=C)[C@H]2[C@@H]2OC(=O)C(=C)[C@@H]21. The number of hydrogen-bond donors (Lipinski definition) is 0. The molecule has 3 fully saturated rings. The van der Waals surface area contributed by atoms with E-state index in [1.807, 2.05) is 13.8 Å². The second-order valence-corrected chi connectivity index (χ2v) is 7.53. The van der Waals surface area contributed by atoms with Crippen molar-refractivity contribution < 1.29 is 28.6 Å². The summed E-state index contributed by atoms with van der Waals surface area (Å²) in [4.78, 5) is 36.8. The van der Waals surface area contributed by atoms with Crippen molar-refractivity contribution in [2.24, 2.45) is 23.2 Å². The van der Waals surface area contributed by atoms with Crippen LogP contribution < -0.4 is 0 Å². The van der Waals surface area contributed by atoms with E-state index in [1.54, 1.807) is 13.0 Å². The summed E-state index contributed by atoms with van der Waals surface area (Å²) in [6.45, 7) is 17.1. The Labute approximate surface area is 152 Å². The lowest BCUT2D eigenvalue weighted by molar-refractivity contribution is -0.193. The molecule has 0 aromatic rings. The van der Waals surface area contributed by atoms with Gasteiger partial charge in [0.25, 0.3) is 0 Å². The molecule has 2 aliphatic heterocycles. The van der Waals surface area contributed by atoms with Gasteiger partial charge < -0.3 is 14.2 Å². The Hall–Kier alpha value is -2.37. The minimum Gasteiger partial charge on any atom is -0.458 e. The molecule has 0 spiro atoms. The number of carbonyl (C=O) groups is 3. The molecule has 0 aromatic carbocycles. The number of fused-ring (bicyclic) bond motifs is 3. The zero-order valence-electron chi connectivity index (χ0n) is 15.3. The molecule has 0 unspecified atom stereocenters. The normalized spacial score (nSPS) is 39.6. The van der Waals surface area contributed by atoms with Gasteiger partial charge in [-0.1, -0.05) is 40.0 Å². The fraction of sp³-hybridized carbons (Fsp3) is 0.550. The number of rotatable bonds is 4. The maximum absolute atomic E-state index is 12.5. The highest BCUT2D eigenvalue weighted by Gasteiger charge is 2.67. The van der Waals surface area contributed by atoms with E-state index in [0.29, 0.717) is 6.42 Å². The predicted octanol–water partition coefficient (Wildman–Crippen LogP) is 2.35. The maximum Gasteiger partial charge on any atom is 0.334 e. The first-order valence-corrected chi connectivity index (χ1v) is 8.81. The Morgan fingerprint density at radius 1 is 1.23 bits per heavy atom. The molecule has 0 aromatic heterocycles. The van der Waals surface area contributed by atoms with E-state index in [2.05, 4.69) is 19.7 Å². The summed E-state index contributed by atoms with van der Waals surface area (Å²) in [5.41, 5.74) is -0.362. The van der Waals surface area contributed by atoms with E-state index in [-0.39, 0.29) is 23.0 Å². The van der Waals surface area contributed by atoms with Gasteiger partial charge in [-0.15, -0.1) is 6.58 Å². The summed E-state index contributed by atoms with van der Waals surface area (Å²) in [6, 6.07) is 0. The predicted molar refractivity (Wildman–Crippen MR) is 92.7 cm³/mol. The average Bonchev–Trinajstić information content (AvgIpc) is 3.07. The second kappa shape index (κ2) is 6.11. The minimum atomic E-state index is -0.872. The number of ether oxygens (including phenoxy) is 3. The van der Waals surface area contributed by atoms with E-state index in [9.17, 15) is 14.4 Å². The first kappa shape index (κ1) is 18.4. The molecule has 1 aliphatic carbocycles. The Kier molecular flexibility index (Phi) is 4.33. The quantitative estimate of drug-likeness (QED) is 0.331. The molecule has 3 aliphatic rings. The number of carbonyl (C=O) groups excluding carboxylic acids is 3. The molecule has 3 rings (SSSR count). The van der Waals surface area contributed by atoms with E-state index in [0.717, 1.165) is 0 Å². The van der Waals surface area contributed by atoms with Crippen LogP contribution in [0.3, 0.4) is 0 Å². The molecule has 0 bridgehead atoms. The monoisotopic (exact) mass is 360 g/mol. The zero-order chi connectivity index (χ0) is 19.4. The fourth-order valence-electron chi connectivity index (χ4n) is 4.22. The topological polar surface area (TPSA) is 78.9 Å². The van der Waals surface area contributed by atoms with Crippen LogP contribution in [-0.2, 0) is 28.6 Å². The zero-order valence-corrected chi connectivity index (χ0v) is 15.3. The number of esters is 3. The summed E-state index contributed by atoms with van der Waals surface area (Å²) < 4.78 is 16.8. The van der Waals surface area contributed by atoms with Crippen molar-refractivity contribution in [2.75, 3.05) is 0 Å². The van der Waals surface area contributed by atoms with Crippen molar-refractivity contribution in [2.45, 2.75) is 45.5 Å². The van der Waals surface area contributed by atoms with Crippen LogP contribution in [0.1, 0.15) is 27.2 Å². The van der Waals surface area contributed by atoms with Gasteiger partial charge in [0.05, 0.1) is 11.8 Å². The van der Waals surface area contributed by atoms with Gasteiger partial charge in [0.1, 0.15) is 12.2 Å². The average molecular weight is 360 g/mol. The molecule has 0 N–H and O–H groups in total. The molecule has 0 amide bonds. The lowest BCUT2D eigenvalue weighted by Crippen LogP contribution is -2.59. The van der Waals surface area contributed by atoms with Crippen molar-refractivity contribution in [1.29, 1.82) is 0 Å². The van der Waals surface area contributed by atoms with Gasteiger partial charge in [-0.3, -0.25) is 4.79 Å².